The SMILES string of the molecule is CCOc1cc2c3c(ccc4c3c1-c1cc(C)sc1-4)-c1c-2sc(C)c1C. The fraction of sp³-hybridized carbons (Fsp3) is 0.217. The summed E-state index contributed by atoms with van der Waals surface area (Å²) < 4.78 is 6.16. The molecule has 2 heterocycles. The van der Waals surface area contributed by atoms with E-state index < -0.39 is 0 Å². The monoisotopic (exact) mass is 374 g/mol. The van der Waals surface area contributed by atoms with Crippen molar-refractivity contribution < 1.29 is 4.74 Å². The minimum atomic E-state index is 0.695. The van der Waals surface area contributed by atoms with Crippen LogP contribution in [0.3, 0.4) is 0 Å². The molecule has 0 amide bonds. The van der Waals surface area contributed by atoms with Crippen LogP contribution < -0.4 is 4.74 Å². The van der Waals surface area contributed by atoms with Gasteiger partial charge in [0.1, 0.15) is 5.75 Å². The molecule has 0 atom stereocenters. The molecule has 0 aliphatic heterocycles. The van der Waals surface area contributed by atoms with Crippen LogP contribution in [0, 0.1) is 20.8 Å². The molecule has 26 heavy (non-hydrogen) atoms. The predicted octanol–water partition coefficient (Wildman–Crippen LogP) is 7.58. The zero-order valence-corrected chi connectivity index (χ0v) is 16.9. The van der Waals surface area contributed by atoms with Crippen LogP contribution in [0.5, 0.6) is 5.75 Å². The van der Waals surface area contributed by atoms with Crippen molar-refractivity contribution in [3.63, 3.8) is 0 Å². The fourth-order valence-electron chi connectivity index (χ4n) is 4.70. The molecule has 2 aliphatic carbocycles. The van der Waals surface area contributed by atoms with E-state index in [1.807, 2.05) is 22.7 Å². The number of rotatable bonds is 2. The average Bonchev–Trinajstić information content (AvgIpc) is 3.29. The van der Waals surface area contributed by atoms with Gasteiger partial charge in [0.2, 0.25) is 0 Å². The van der Waals surface area contributed by atoms with Crippen molar-refractivity contribution in [2.75, 3.05) is 6.61 Å². The van der Waals surface area contributed by atoms with Crippen LogP contribution in [0.2, 0.25) is 0 Å². The first-order valence-electron chi connectivity index (χ1n) is 9.08. The molecule has 3 heteroatoms. The van der Waals surface area contributed by atoms with Crippen molar-refractivity contribution in [1.29, 1.82) is 0 Å². The number of fused-ring (bicyclic) bond motifs is 6. The quantitative estimate of drug-likeness (QED) is 0.303. The largest absolute Gasteiger partial charge is 0.493 e. The first-order valence-corrected chi connectivity index (χ1v) is 10.7. The molecular weight excluding hydrogens is 356 g/mol. The summed E-state index contributed by atoms with van der Waals surface area (Å²) in [6.07, 6.45) is 0. The van der Waals surface area contributed by atoms with Gasteiger partial charge in [0.05, 0.1) is 6.61 Å². The molecule has 128 valence electrons. The maximum Gasteiger partial charge on any atom is 0.128 e. The van der Waals surface area contributed by atoms with Crippen LogP contribution >= 0.6 is 22.7 Å². The average molecular weight is 375 g/mol. The fourth-order valence-corrected chi connectivity index (χ4v) is 6.94. The Morgan fingerprint density at radius 2 is 1.62 bits per heavy atom. The second-order valence-electron chi connectivity index (χ2n) is 7.23. The molecule has 0 saturated heterocycles. The van der Waals surface area contributed by atoms with Crippen molar-refractivity contribution in [2.45, 2.75) is 27.7 Å². The molecule has 6 rings (SSSR count). The van der Waals surface area contributed by atoms with Crippen LogP contribution in [-0.2, 0) is 0 Å². The molecule has 2 aromatic carbocycles. The van der Waals surface area contributed by atoms with Gasteiger partial charge in [0, 0.05) is 52.7 Å². The van der Waals surface area contributed by atoms with Gasteiger partial charge < -0.3 is 4.74 Å². The van der Waals surface area contributed by atoms with Crippen molar-refractivity contribution in [3.8, 4) is 48.9 Å². The molecule has 0 unspecified atom stereocenters. The summed E-state index contributed by atoms with van der Waals surface area (Å²) >= 11 is 3.83. The summed E-state index contributed by atoms with van der Waals surface area (Å²) in [5.74, 6) is 1.04. The highest BCUT2D eigenvalue weighted by atomic mass is 32.1. The van der Waals surface area contributed by atoms with Crippen LogP contribution in [0.25, 0.3) is 53.9 Å². The van der Waals surface area contributed by atoms with E-state index in [9.17, 15) is 0 Å². The highest BCUT2D eigenvalue weighted by molar-refractivity contribution is 7.17. The van der Waals surface area contributed by atoms with Crippen molar-refractivity contribution in [2.24, 2.45) is 0 Å². The van der Waals surface area contributed by atoms with Gasteiger partial charge in [-0.15, -0.1) is 22.7 Å². The van der Waals surface area contributed by atoms with Gasteiger partial charge in [-0.2, -0.15) is 0 Å². The van der Waals surface area contributed by atoms with Gasteiger partial charge >= 0.3 is 0 Å². The summed E-state index contributed by atoms with van der Waals surface area (Å²) in [7, 11) is 0. The second kappa shape index (κ2) is 4.79. The normalized spacial score (nSPS) is 12.8. The lowest BCUT2D eigenvalue weighted by Crippen LogP contribution is -1.94. The molecule has 0 spiro atoms. The Kier molecular flexibility index (Phi) is 2.76. The van der Waals surface area contributed by atoms with Crippen molar-refractivity contribution >= 4 is 33.4 Å². The zero-order chi connectivity index (χ0) is 17.7. The molecule has 1 nitrogen and oxygen atoms in total. The summed E-state index contributed by atoms with van der Waals surface area (Å²) in [5.41, 5.74) is 9.71. The third-order valence-electron chi connectivity index (χ3n) is 5.81. The lowest BCUT2D eigenvalue weighted by atomic mass is 9.96. The van der Waals surface area contributed by atoms with E-state index in [-0.39, 0.29) is 0 Å². The van der Waals surface area contributed by atoms with Crippen LogP contribution in [0.4, 0.5) is 0 Å². The Labute approximate surface area is 160 Å². The molecule has 4 aromatic rings. The summed E-state index contributed by atoms with van der Waals surface area (Å²) in [6.45, 7) is 9.47. The number of hydrogen-bond acceptors (Lipinski definition) is 3. The van der Waals surface area contributed by atoms with E-state index >= 15 is 0 Å². The van der Waals surface area contributed by atoms with Gasteiger partial charge in [0.25, 0.3) is 0 Å². The first kappa shape index (κ1) is 15.0. The van der Waals surface area contributed by atoms with Crippen LogP contribution in [-0.4, -0.2) is 6.61 Å². The predicted molar refractivity (Wildman–Crippen MR) is 114 cm³/mol. The Morgan fingerprint density at radius 3 is 2.42 bits per heavy atom. The van der Waals surface area contributed by atoms with Crippen LogP contribution in [0.15, 0.2) is 24.3 Å². The zero-order valence-electron chi connectivity index (χ0n) is 15.2. The van der Waals surface area contributed by atoms with Gasteiger partial charge in [-0.3, -0.25) is 0 Å². The second-order valence-corrected chi connectivity index (χ2v) is 9.71. The lowest BCUT2D eigenvalue weighted by molar-refractivity contribution is 0.342. The Balaban J connectivity index is 1.82. The number of thiophene rings is 2. The number of aryl methyl sites for hydroxylation is 2. The highest BCUT2D eigenvalue weighted by Crippen LogP contribution is 2.62. The van der Waals surface area contributed by atoms with Gasteiger partial charge in [-0.05, 0) is 56.3 Å². The molecule has 2 aromatic heterocycles. The van der Waals surface area contributed by atoms with Crippen LogP contribution in [0.1, 0.15) is 22.2 Å². The summed E-state index contributed by atoms with van der Waals surface area (Å²) in [4.78, 5) is 5.62. The summed E-state index contributed by atoms with van der Waals surface area (Å²) in [6, 6.07) is 9.32. The Bertz CT molecular complexity index is 1270. The number of benzene rings is 2. The third-order valence-corrected chi connectivity index (χ3v) is 8.14. The molecule has 2 aliphatic rings. The standard InChI is InChI=1S/C23H18OS2/c1-5-24-17-9-16-19-13(18-11(3)12(4)26-23(16)18)6-7-14-21(19)20(17)15-8-10(2)25-22(14)15/h6-9H,5H2,1-4H3. The highest BCUT2D eigenvalue weighted by Gasteiger charge is 2.34. The van der Waals surface area contributed by atoms with E-state index in [1.165, 1.54) is 69.2 Å². The maximum atomic E-state index is 6.16. The third kappa shape index (κ3) is 1.58. The molecule has 0 bridgehead atoms. The smallest absolute Gasteiger partial charge is 0.128 e. The van der Waals surface area contributed by atoms with E-state index in [0.29, 0.717) is 6.61 Å². The van der Waals surface area contributed by atoms with Gasteiger partial charge in [-0.25, -0.2) is 0 Å². The van der Waals surface area contributed by atoms with E-state index in [4.69, 9.17) is 4.74 Å². The topological polar surface area (TPSA) is 9.23 Å². The maximum absolute atomic E-state index is 6.16. The van der Waals surface area contributed by atoms with E-state index in [2.05, 4.69) is 52.0 Å². The van der Waals surface area contributed by atoms with E-state index in [0.717, 1.165) is 5.75 Å². The lowest BCUT2D eigenvalue weighted by Gasteiger charge is -2.13. The van der Waals surface area contributed by atoms with Crippen molar-refractivity contribution in [3.05, 3.63) is 39.6 Å². The number of ether oxygens (including phenoxy) is 1. The van der Waals surface area contributed by atoms with E-state index in [1.54, 1.807) is 0 Å². The van der Waals surface area contributed by atoms with Crippen molar-refractivity contribution in [1.82, 2.24) is 0 Å². The molecule has 0 saturated carbocycles. The number of hydrogen-bond donors (Lipinski definition) is 0. The molecule has 0 fully saturated rings. The minimum absolute atomic E-state index is 0.695. The Morgan fingerprint density at radius 1 is 0.808 bits per heavy atom. The summed E-state index contributed by atoms with van der Waals surface area (Å²) in [5, 5.41) is 2.84. The first-order chi connectivity index (χ1) is 12.6. The van der Waals surface area contributed by atoms with Gasteiger partial charge in [0.15, 0.2) is 0 Å². The minimum Gasteiger partial charge on any atom is -0.493 e. The molecular formula is C23H18OS2. The molecule has 0 radical (unpaired) electrons. The van der Waals surface area contributed by atoms with Gasteiger partial charge in [-0.1, -0.05) is 12.1 Å². The molecule has 0 N–H and O–H groups in total. The Hall–Kier alpha value is -2.10.